The molecule has 2 heterocycles. The van der Waals surface area contributed by atoms with Gasteiger partial charge in [-0.1, -0.05) is 32.1 Å². The monoisotopic (exact) mass is 504 g/mol. The van der Waals surface area contributed by atoms with E-state index in [9.17, 15) is 9.90 Å². The quantitative estimate of drug-likeness (QED) is 0.343. The van der Waals surface area contributed by atoms with Gasteiger partial charge in [0.2, 0.25) is 5.84 Å². The maximum atomic E-state index is 11.8. The van der Waals surface area contributed by atoms with Crippen molar-refractivity contribution in [1.29, 1.82) is 0 Å². The summed E-state index contributed by atoms with van der Waals surface area (Å²) in [4.78, 5) is 30.4. The van der Waals surface area contributed by atoms with Crippen LogP contribution in [-0.4, -0.2) is 50.8 Å². The number of nitrogens with one attached hydrogen (secondary N) is 1. The number of anilines is 1. The number of imidazole rings is 1. The number of carboxylic acids is 1. The Hall–Kier alpha value is -3.03. The van der Waals surface area contributed by atoms with E-state index in [-0.39, 0.29) is 11.9 Å². The highest BCUT2D eigenvalue weighted by atomic mass is 16.4. The average Bonchev–Trinajstić information content (AvgIpc) is 3.16. The second-order valence-corrected chi connectivity index (χ2v) is 11.1. The lowest BCUT2D eigenvalue weighted by molar-refractivity contribution is -0.129. The summed E-state index contributed by atoms with van der Waals surface area (Å²) < 4.78 is 2.23. The van der Waals surface area contributed by atoms with Gasteiger partial charge in [-0.15, -0.1) is 0 Å². The predicted molar refractivity (Wildman–Crippen MR) is 148 cm³/mol. The number of hydrogen-bond donors (Lipinski definition) is 2. The molecule has 5 rings (SSSR count). The molecule has 3 aliphatic rings. The van der Waals surface area contributed by atoms with Gasteiger partial charge in [-0.05, 0) is 80.9 Å². The molecule has 3 saturated carbocycles. The molecule has 3 fully saturated rings. The number of carboxylic acid groups (broad SMARTS) is 1. The standard InChI is InChI=1S/C29H40N6O2/c1-19(21-10-6-11-21)32-17-25-26(33-27(30-2)29(36)37)34-28(35(25)18-20-8-4-3-5-9-20)24-16-23(14-15-31-24)22-12-7-13-22/h14-17,19-22H,3-13,18H2,1-2H3,(H,30,33)(H,36,37)/t19-/m1/s1. The van der Waals surface area contributed by atoms with Gasteiger partial charge in [0.05, 0.1) is 6.04 Å². The van der Waals surface area contributed by atoms with E-state index in [0.29, 0.717) is 23.6 Å². The van der Waals surface area contributed by atoms with Crippen LogP contribution in [0.1, 0.15) is 94.7 Å². The predicted octanol–water partition coefficient (Wildman–Crippen LogP) is 5.93. The number of carbonyl (C=O) groups is 1. The first kappa shape index (κ1) is 25.6. The number of nitrogens with zero attached hydrogens (tertiary/aromatic N) is 5. The fourth-order valence-electron chi connectivity index (χ4n) is 5.81. The summed E-state index contributed by atoms with van der Waals surface area (Å²) in [5, 5.41) is 12.7. The number of amidine groups is 1. The Morgan fingerprint density at radius 2 is 1.92 bits per heavy atom. The molecule has 0 radical (unpaired) electrons. The SMILES string of the molecule is CN=C(Nc1nc(-c2cc(C3CCC3)ccn2)n(CC2CCCCC2)c1C=N[C@H](C)C1CCC1)C(=O)O. The number of hydrogen-bond acceptors (Lipinski definition) is 5. The Kier molecular flexibility index (Phi) is 8.01. The smallest absolute Gasteiger partial charge is 0.371 e. The Morgan fingerprint density at radius 3 is 2.54 bits per heavy atom. The molecule has 2 aromatic rings. The van der Waals surface area contributed by atoms with Gasteiger partial charge in [0.15, 0.2) is 11.6 Å². The molecule has 0 saturated heterocycles. The van der Waals surface area contributed by atoms with E-state index in [1.54, 1.807) is 0 Å². The highest BCUT2D eigenvalue weighted by molar-refractivity contribution is 6.39. The fraction of sp³-hybridized carbons (Fsp3) is 0.621. The van der Waals surface area contributed by atoms with Gasteiger partial charge in [-0.2, -0.15) is 0 Å². The van der Waals surface area contributed by atoms with Crippen molar-refractivity contribution >= 4 is 23.8 Å². The largest absolute Gasteiger partial charge is 0.475 e. The Morgan fingerprint density at radius 1 is 1.16 bits per heavy atom. The second-order valence-electron chi connectivity index (χ2n) is 11.1. The lowest BCUT2D eigenvalue weighted by atomic mass is 9.80. The van der Waals surface area contributed by atoms with Gasteiger partial charge >= 0.3 is 5.97 Å². The molecule has 0 bridgehead atoms. The number of aliphatic carboxylic acids is 1. The van der Waals surface area contributed by atoms with Crippen molar-refractivity contribution < 1.29 is 9.90 Å². The van der Waals surface area contributed by atoms with Crippen molar-refractivity contribution in [3.8, 4) is 11.5 Å². The van der Waals surface area contributed by atoms with Gasteiger partial charge < -0.3 is 15.0 Å². The molecule has 3 aliphatic carbocycles. The molecule has 198 valence electrons. The summed E-state index contributed by atoms with van der Waals surface area (Å²) in [6.07, 6.45) is 17.4. The average molecular weight is 505 g/mol. The fourth-order valence-corrected chi connectivity index (χ4v) is 5.81. The van der Waals surface area contributed by atoms with Crippen LogP contribution in [0.2, 0.25) is 0 Å². The zero-order valence-electron chi connectivity index (χ0n) is 22.2. The maximum Gasteiger partial charge on any atom is 0.371 e. The molecule has 2 N–H and O–H groups in total. The van der Waals surface area contributed by atoms with E-state index in [1.165, 1.54) is 83.2 Å². The number of aromatic nitrogens is 3. The summed E-state index contributed by atoms with van der Waals surface area (Å²) in [6, 6.07) is 4.52. The van der Waals surface area contributed by atoms with Crippen LogP contribution in [-0.2, 0) is 11.3 Å². The molecular weight excluding hydrogens is 464 g/mol. The van der Waals surface area contributed by atoms with Crippen molar-refractivity contribution in [2.45, 2.75) is 96.1 Å². The van der Waals surface area contributed by atoms with Crippen molar-refractivity contribution in [1.82, 2.24) is 14.5 Å². The Labute approximate surface area is 219 Å². The summed E-state index contributed by atoms with van der Waals surface area (Å²) in [6.45, 7) is 3.00. The molecule has 0 aromatic carbocycles. The molecule has 0 spiro atoms. The van der Waals surface area contributed by atoms with Crippen molar-refractivity contribution in [3.05, 3.63) is 29.6 Å². The first-order valence-corrected chi connectivity index (χ1v) is 14.1. The highest BCUT2D eigenvalue weighted by Gasteiger charge is 2.27. The highest BCUT2D eigenvalue weighted by Crippen LogP contribution is 2.38. The van der Waals surface area contributed by atoms with Gasteiger partial charge in [-0.3, -0.25) is 15.0 Å². The Bertz CT molecular complexity index is 1160. The molecule has 37 heavy (non-hydrogen) atoms. The second kappa shape index (κ2) is 11.6. The molecular formula is C29H40N6O2. The summed E-state index contributed by atoms with van der Waals surface area (Å²) in [5.41, 5.74) is 2.96. The van der Waals surface area contributed by atoms with Crippen molar-refractivity contribution in [3.63, 3.8) is 0 Å². The van der Waals surface area contributed by atoms with E-state index in [4.69, 9.17) is 15.0 Å². The van der Waals surface area contributed by atoms with Crippen LogP contribution < -0.4 is 5.32 Å². The minimum atomic E-state index is -1.11. The molecule has 0 aliphatic heterocycles. The zero-order chi connectivity index (χ0) is 25.8. The summed E-state index contributed by atoms with van der Waals surface area (Å²) in [7, 11) is 1.48. The first-order valence-electron chi connectivity index (χ1n) is 14.1. The number of aliphatic imine (C=N–C) groups is 2. The first-order chi connectivity index (χ1) is 18.0. The van der Waals surface area contributed by atoms with E-state index >= 15 is 0 Å². The molecule has 0 unspecified atom stereocenters. The molecule has 2 aromatic heterocycles. The van der Waals surface area contributed by atoms with Crippen LogP contribution in [0.4, 0.5) is 5.82 Å². The topological polar surface area (TPSA) is 105 Å². The van der Waals surface area contributed by atoms with Crippen LogP contribution in [0, 0.1) is 11.8 Å². The zero-order valence-corrected chi connectivity index (χ0v) is 22.2. The van der Waals surface area contributed by atoms with Crippen LogP contribution >= 0.6 is 0 Å². The number of pyridine rings is 1. The van der Waals surface area contributed by atoms with E-state index < -0.39 is 5.97 Å². The normalized spacial score (nSPS) is 20.5. The van der Waals surface area contributed by atoms with Crippen LogP contribution in [0.3, 0.4) is 0 Å². The third-order valence-electron chi connectivity index (χ3n) is 8.69. The Balaban J connectivity index is 1.58. The summed E-state index contributed by atoms with van der Waals surface area (Å²) in [5.74, 6) is 1.78. The molecule has 8 nitrogen and oxygen atoms in total. The summed E-state index contributed by atoms with van der Waals surface area (Å²) >= 11 is 0. The molecule has 1 atom stereocenters. The van der Waals surface area contributed by atoms with E-state index in [2.05, 4.69) is 33.9 Å². The van der Waals surface area contributed by atoms with Crippen LogP contribution in [0.25, 0.3) is 11.5 Å². The van der Waals surface area contributed by atoms with Gasteiger partial charge in [0.25, 0.3) is 0 Å². The third-order valence-corrected chi connectivity index (χ3v) is 8.69. The van der Waals surface area contributed by atoms with Crippen molar-refractivity contribution in [2.75, 3.05) is 12.4 Å². The maximum absolute atomic E-state index is 11.8. The third kappa shape index (κ3) is 5.78. The van der Waals surface area contributed by atoms with E-state index in [0.717, 1.165) is 23.8 Å². The van der Waals surface area contributed by atoms with E-state index in [1.807, 2.05) is 12.4 Å². The molecule has 0 amide bonds. The molecule has 8 heteroatoms. The number of rotatable bonds is 8. The van der Waals surface area contributed by atoms with Crippen LogP contribution in [0.5, 0.6) is 0 Å². The van der Waals surface area contributed by atoms with Gasteiger partial charge in [0.1, 0.15) is 11.4 Å². The van der Waals surface area contributed by atoms with Gasteiger partial charge in [0, 0.05) is 26.0 Å². The minimum Gasteiger partial charge on any atom is -0.475 e. The lowest BCUT2D eigenvalue weighted by Crippen LogP contribution is -2.24. The van der Waals surface area contributed by atoms with Crippen LogP contribution in [0.15, 0.2) is 28.3 Å². The minimum absolute atomic E-state index is 0.133. The van der Waals surface area contributed by atoms with Gasteiger partial charge in [-0.25, -0.2) is 9.78 Å². The van der Waals surface area contributed by atoms with Crippen molar-refractivity contribution in [2.24, 2.45) is 21.8 Å². The lowest BCUT2D eigenvalue weighted by Gasteiger charge is -2.29.